The van der Waals surface area contributed by atoms with E-state index in [0.29, 0.717) is 22.9 Å². The van der Waals surface area contributed by atoms with Crippen LogP contribution >= 0.6 is 23.1 Å². The molecule has 32 heavy (non-hydrogen) atoms. The van der Waals surface area contributed by atoms with Crippen LogP contribution in [0, 0.1) is 0 Å². The maximum Gasteiger partial charge on any atom is 0.406 e. The van der Waals surface area contributed by atoms with Crippen molar-refractivity contribution in [3.05, 3.63) is 60.8 Å². The first-order chi connectivity index (χ1) is 15.4. The Morgan fingerprint density at radius 3 is 2.53 bits per heavy atom. The van der Waals surface area contributed by atoms with Crippen molar-refractivity contribution in [3.8, 4) is 11.3 Å². The summed E-state index contributed by atoms with van der Waals surface area (Å²) in [7, 11) is 0. The average molecular weight is 477 g/mol. The molecular weight excluding hydrogens is 457 g/mol. The number of benzene rings is 2. The number of halogens is 3. The number of fused-ring (bicyclic) bond motifs is 1. The minimum Gasteiger partial charge on any atom is -0.310 e. The largest absolute Gasteiger partial charge is 0.406 e. The maximum atomic E-state index is 13.3. The Kier molecular flexibility index (Phi) is 6.52. The topological polar surface area (TPSA) is 51.0 Å². The second-order valence-electron chi connectivity index (χ2n) is 6.88. The van der Waals surface area contributed by atoms with Crippen molar-refractivity contribution < 1.29 is 18.0 Å². The molecule has 0 saturated heterocycles. The van der Waals surface area contributed by atoms with Gasteiger partial charge in [-0.1, -0.05) is 65.6 Å². The molecule has 0 unspecified atom stereocenters. The van der Waals surface area contributed by atoms with Gasteiger partial charge in [-0.15, -0.1) is 0 Å². The van der Waals surface area contributed by atoms with Crippen molar-refractivity contribution in [2.45, 2.75) is 24.8 Å². The zero-order valence-electron chi connectivity index (χ0n) is 17.0. The van der Waals surface area contributed by atoms with Crippen molar-refractivity contribution in [1.29, 1.82) is 0 Å². The van der Waals surface area contributed by atoms with Crippen LogP contribution in [-0.4, -0.2) is 38.9 Å². The van der Waals surface area contributed by atoms with Gasteiger partial charge in [-0.3, -0.25) is 9.69 Å². The fourth-order valence-electron chi connectivity index (χ4n) is 3.24. The first-order valence-corrected chi connectivity index (χ1v) is 11.6. The van der Waals surface area contributed by atoms with E-state index in [1.165, 1.54) is 17.5 Å². The quantitative estimate of drug-likeness (QED) is 0.313. The molecule has 2 aromatic carbocycles. The lowest BCUT2D eigenvalue weighted by molar-refractivity contribution is -0.141. The Bertz CT molecular complexity index is 1190. The Hall–Kier alpha value is -2.85. The molecule has 0 spiro atoms. The maximum absolute atomic E-state index is 13.3. The third kappa shape index (κ3) is 4.97. The number of nitrogens with zero attached hydrogens (tertiary/aromatic N) is 4. The molecule has 0 bridgehead atoms. The number of para-hydroxylation sites is 1. The molecule has 4 aromatic rings. The molecule has 0 aliphatic heterocycles. The monoisotopic (exact) mass is 476 g/mol. The first kappa shape index (κ1) is 22.3. The standard InChI is InChI=1S/C22H19F3N4OS2/c1-2-28(21-27-16-10-6-7-11-18(16)32-21)19(30)13-31-20-26-12-17(15-8-4-3-5-9-15)29(20)14-22(23,24)25/h3-12H,2,13-14H2,1H3. The predicted octanol–water partition coefficient (Wildman–Crippen LogP) is 5.87. The molecule has 4 rings (SSSR count). The molecule has 2 aromatic heterocycles. The number of aromatic nitrogens is 3. The number of imidazole rings is 1. The highest BCUT2D eigenvalue weighted by atomic mass is 32.2. The number of rotatable bonds is 7. The molecule has 0 radical (unpaired) electrons. The van der Waals surface area contributed by atoms with E-state index in [2.05, 4.69) is 9.97 Å². The normalized spacial score (nSPS) is 11.8. The minimum atomic E-state index is -4.42. The van der Waals surface area contributed by atoms with E-state index in [1.54, 1.807) is 35.2 Å². The number of thiazole rings is 1. The molecule has 1 amide bonds. The van der Waals surface area contributed by atoms with Crippen LogP contribution in [0.1, 0.15) is 6.92 Å². The van der Waals surface area contributed by atoms with Gasteiger partial charge < -0.3 is 4.57 Å². The van der Waals surface area contributed by atoms with E-state index < -0.39 is 12.7 Å². The lowest BCUT2D eigenvalue weighted by Crippen LogP contribution is -2.32. The highest BCUT2D eigenvalue weighted by Gasteiger charge is 2.31. The highest BCUT2D eigenvalue weighted by molar-refractivity contribution is 7.99. The number of alkyl halides is 3. The van der Waals surface area contributed by atoms with Gasteiger partial charge in [0.15, 0.2) is 10.3 Å². The van der Waals surface area contributed by atoms with Crippen LogP contribution in [0.4, 0.5) is 18.3 Å². The van der Waals surface area contributed by atoms with Gasteiger partial charge in [0, 0.05) is 6.54 Å². The molecule has 166 valence electrons. The molecule has 2 heterocycles. The van der Waals surface area contributed by atoms with Crippen LogP contribution in [0.3, 0.4) is 0 Å². The zero-order chi connectivity index (χ0) is 22.7. The van der Waals surface area contributed by atoms with E-state index in [9.17, 15) is 18.0 Å². The van der Waals surface area contributed by atoms with Gasteiger partial charge in [-0.25, -0.2) is 9.97 Å². The fourth-order valence-corrected chi connectivity index (χ4v) is 5.14. The molecule has 10 heteroatoms. The van der Waals surface area contributed by atoms with Gasteiger partial charge in [-0.05, 0) is 24.6 Å². The second kappa shape index (κ2) is 9.33. The average Bonchev–Trinajstić information content (AvgIpc) is 3.36. The number of hydrogen-bond acceptors (Lipinski definition) is 5. The van der Waals surface area contributed by atoms with Crippen molar-refractivity contribution in [1.82, 2.24) is 14.5 Å². The molecule has 0 atom stereocenters. The number of carbonyl (C=O) groups is 1. The Morgan fingerprint density at radius 2 is 1.84 bits per heavy atom. The third-order valence-electron chi connectivity index (χ3n) is 4.68. The molecule has 0 aliphatic carbocycles. The molecule has 5 nitrogen and oxygen atoms in total. The summed E-state index contributed by atoms with van der Waals surface area (Å²) >= 11 is 2.40. The van der Waals surface area contributed by atoms with Crippen molar-refractivity contribution >= 4 is 44.4 Å². The number of thioether (sulfide) groups is 1. The predicted molar refractivity (Wildman–Crippen MR) is 122 cm³/mol. The van der Waals surface area contributed by atoms with Crippen molar-refractivity contribution in [2.75, 3.05) is 17.2 Å². The van der Waals surface area contributed by atoms with Gasteiger partial charge in [-0.2, -0.15) is 13.2 Å². The third-order valence-corrected chi connectivity index (χ3v) is 6.72. The van der Waals surface area contributed by atoms with Crippen LogP contribution in [0.15, 0.2) is 66.0 Å². The van der Waals surface area contributed by atoms with E-state index in [-0.39, 0.29) is 16.8 Å². The van der Waals surface area contributed by atoms with Crippen LogP contribution < -0.4 is 4.90 Å². The summed E-state index contributed by atoms with van der Waals surface area (Å²) in [6.45, 7) is 1.07. The van der Waals surface area contributed by atoms with E-state index in [0.717, 1.165) is 26.5 Å². The molecule has 0 aliphatic rings. The van der Waals surface area contributed by atoms with Gasteiger partial charge in [0.25, 0.3) is 0 Å². The summed E-state index contributed by atoms with van der Waals surface area (Å²) in [4.78, 5) is 23.2. The number of carbonyl (C=O) groups excluding carboxylic acids is 1. The SMILES string of the molecule is CCN(C(=O)CSc1ncc(-c2ccccc2)n1CC(F)(F)F)c1nc2ccccc2s1. The van der Waals surface area contributed by atoms with Crippen molar-refractivity contribution in [3.63, 3.8) is 0 Å². The number of amides is 1. The number of hydrogen-bond donors (Lipinski definition) is 0. The Balaban J connectivity index is 1.55. The van der Waals surface area contributed by atoms with Gasteiger partial charge in [0.05, 0.1) is 27.9 Å². The lowest BCUT2D eigenvalue weighted by Gasteiger charge is -2.18. The zero-order valence-corrected chi connectivity index (χ0v) is 18.7. The van der Waals surface area contributed by atoms with Gasteiger partial charge in [0.1, 0.15) is 6.54 Å². The second-order valence-corrected chi connectivity index (χ2v) is 8.84. The van der Waals surface area contributed by atoms with Crippen molar-refractivity contribution in [2.24, 2.45) is 0 Å². The molecule has 0 N–H and O–H groups in total. The summed E-state index contributed by atoms with van der Waals surface area (Å²) in [5.74, 6) is -0.285. The van der Waals surface area contributed by atoms with E-state index in [1.807, 2.05) is 31.2 Å². The lowest BCUT2D eigenvalue weighted by atomic mass is 10.2. The van der Waals surface area contributed by atoms with E-state index in [4.69, 9.17) is 0 Å². The summed E-state index contributed by atoms with van der Waals surface area (Å²) in [6.07, 6.45) is -3.00. The Morgan fingerprint density at radius 1 is 1.12 bits per heavy atom. The van der Waals surface area contributed by atoms with Crippen LogP contribution in [0.2, 0.25) is 0 Å². The summed E-state index contributed by atoms with van der Waals surface area (Å²) in [5.41, 5.74) is 1.79. The van der Waals surface area contributed by atoms with Gasteiger partial charge >= 0.3 is 6.18 Å². The van der Waals surface area contributed by atoms with Crippen LogP contribution in [0.5, 0.6) is 0 Å². The Labute approximate surface area is 190 Å². The summed E-state index contributed by atoms with van der Waals surface area (Å²) in [5, 5.41) is 0.720. The summed E-state index contributed by atoms with van der Waals surface area (Å²) < 4.78 is 41.9. The highest BCUT2D eigenvalue weighted by Crippen LogP contribution is 2.32. The van der Waals surface area contributed by atoms with Crippen LogP contribution in [-0.2, 0) is 11.3 Å². The number of anilines is 1. The molecular formula is C22H19F3N4OS2. The molecule has 0 saturated carbocycles. The smallest absolute Gasteiger partial charge is 0.310 e. The summed E-state index contributed by atoms with van der Waals surface area (Å²) in [6, 6.07) is 16.4. The minimum absolute atomic E-state index is 0.0487. The van der Waals surface area contributed by atoms with Gasteiger partial charge in [0.2, 0.25) is 5.91 Å². The van der Waals surface area contributed by atoms with Crippen LogP contribution in [0.25, 0.3) is 21.5 Å². The first-order valence-electron chi connectivity index (χ1n) is 9.82. The molecule has 0 fully saturated rings. The van der Waals surface area contributed by atoms with E-state index >= 15 is 0 Å². The fraction of sp³-hybridized carbons (Fsp3) is 0.227.